The largest absolute Gasteiger partial charge is 0.356 e. The van der Waals surface area contributed by atoms with E-state index in [1.165, 1.54) is 5.56 Å². The second-order valence-electron chi connectivity index (χ2n) is 7.38. The summed E-state index contributed by atoms with van der Waals surface area (Å²) in [6.07, 6.45) is 6.50. The summed E-state index contributed by atoms with van der Waals surface area (Å²) in [6, 6.07) is 6.16. The zero-order chi connectivity index (χ0) is 17.6. The highest BCUT2D eigenvalue weighted by Gasteiger charge is 2.53. The van der Waals surface area contributed by atoms with E-state index in [2.05, 4.69) is 33.3 Å². The molecule has 2 aromatic heterocycles. The minimum Gasteiger partial charge on any atom is -0.356 e. The van der Waals surface area contributed by atoms with E-state index in [0.29, 0.717) is 6.42 Å². The lowest BCUT2D eigenvalue weighted by atomic mass is 9.74. The van der Waals surface area contributed by atoms with Crippen molar-refractivity contribution in [3.63, 3.8) is 0 Å². The van der Waals surface area contributed by atoms with Crippen molar-refractivity contribution in [1.82, 2.24) is 19.7 Å². The first-order valence-corrected chi connectivity index (χ1v) is 8.93. The van der Waals surface area contributed by atoms with Crippen LogP contribution in [0.5, 0.6) is 0 Å². The molecule has 0 bridgehead atoms. The van der Waals surface area contributed by atoms with Gasteiger partial charge in [-0.05, 0) is 37.5 Å². The third-order valence-electron chi connectivity index (χ3n) is 6.02. The standard InChI is InChI=1S/C19H25N5O/c1-14-5-4-6-17(21-14)24-9-7-19(8-10-24)16(11-18(25)23(19)3)15-12-20-22(2)13-15/h4-6,12-13,16H,7-11H2,1-3H3/t16-/m0/s1. The van der Waals surface area contributed by atoms with Gasteiger partial charge in [-0.15, -0.1) is 0 Å². The number of hydrogen-bond acceptors (Lipinski definition) is 4. The van der Waals surface area contributed by atoms with E-state index in [9.17, 15) is 4.79 Å². The summed E-state index contributed by atoms with van der Waals surface area (Å²) in [6.45, 7) is 3.87. The molecule has 1 spiro atoms. The molecule has 0 radical (unpaired) electrons. The van der Waals surface area contributed by atoms with E-state index in [0.717, 1.165) is 37.4 Å². The number of hydrogen-bond donors (Lipinski definition) is 0. The first-order chi connectivity index (χ1) is 12.0. The van der Waals surface area contributed by atoms with Crippen molar-refractivity contribution in [1.29, 1.82) is 0 Å². The van der Waals surface area contributed by atoms with Crippen molar-refractivity contribution in [2.45, 2.75) is 37.6 Å². The van der Waals surface area contributed by atoms with Crippen LogP contribution in [-0.2, 0) is 11.8 Å². The number of carbonyl (C=O) groups is 1. The lowest BCUT2D eigenvalue weighted by Crippen LogP contribution is -2.54. The Morgan fingerprint density at radius 3 is 2.60 bits per heavy atom. The van der Waals surface area contributed by atoms with E-state index in [4.69, 9.17) is 0 Å². The summed E-state index contributed by atoms with van der Waals surface area (Å²) in [7, 11) is 3.90. The maximum Gasteiger partial charge on any atom is 0.223 e. The quantitative estimate of drug-likeness (QED) is 0.841. The number of likely N-dealkylation sites (tertiary alicyclic amines) is 1. The summed E-state index contributed by atoms with van der Waals surface area (Å²) < 4.78 is 1.83. The molecule has 4 rings (SSSR count). The average molecular weight is 339 g/mol. The topological polar surface area (TPSA) is 54.3 Å². The Hall–Kier alpha value is -2.37. The molecular weight excluding hydrogens is 314 g/mol. The Morgan fingerprint density at radius 1 is 1.20 bits per heavy atom. The maximum atomic E-state index is 12.5. The predicted molar refractivity (Wildman–Crippen MR) is 96.5 cm³/mol. The van der Waals surface area contributed by atoms with Gasteiger partial charge in [0.15, 0.2) is 0 Å². The lowest BCUT2D eigenvalue weighted by Gasteiger charge is -2.46. The summed E-state index contributed by atoms with van der Waals surface area (Å²) in [4.78, 5) is 21.5. The minimum absolute atomic E-state index is 0.0968. The van der Waals surface area contributed by atoms with Gasteiger partial charge in [-0.3, -0.25) is 9.48 Å². The van der Waals surface area contributed by atoms with E-state index >= 15 is 0 Å². The summed E-state index contributed by atoms with van der Waals surface area (Å²) >= 11 is 0. The van der Waals surface area contributed by atoms with Gasteiger partial charge >= 0.3 is 0 Å². The van der Waals surface area contributed by atoms with Gasteiger partial charge in [-0.2, -0.15) is 5.10 Å². The van der Waals surface area contributed by atoms with Crippen molar-refractivity contribution >= 4 is 11.7 Å². The van der Waals surface area contributed by atoms with Gasteiger partial charge < -0.3 is 9.80 Å². The van der Waals surface area contributed by atoms with E-state index in [1.54, 1.807) is 0 Å². The molecule has 0 N–H and O–H groups in total. The number of rotatable bonds is 2. The molecule has 0 unspecified atom stereocenters. The van der Waals surface area contributed by atoms with Crippen LogP contribution in [-0.4, -0.2) is 51.2 Å². The number of anilines is 1. The molecule has 4 heterocycles. The summed E-state index contributed by atoms with van der Waals surface area (Å²) in [5.41, 5.74) is 2.13. The van der Waals surface area contributed by atoms with Crippen molar-refractivity contribution < 1.29 is 4.79 Å². The van der Waals surface area contributed by atoms with E-state index < -0.39 is 0 Å². The lowest BCUT2D eigenvalue weighted by molar-refractivity contribution is -0.130. The highest BCUT2D eigenvalue weighted by Crippen LogP contribution is 2.48. The first kappa shape index (κ1) is 16.1. The number of likely N-dealkylation sites (N-methyl/N-ethyl adjacent to an activating group) is 1. The average Bonchev–Trinajstić information content (AvgIpc) is 3.13. The molecule has 0 aliphatic carbocycles. The third kappa shape index (κ3) is 2.60. The number of amides is 1. The Kier molecular flexibility index (Phi) is 3.78. The minimum atomic E-state index is -0.0968. The smallest absolute Gasteiger partial charge is 0.223 e. The van der Waals surface area contributed by atoms with Gasteiger partial charge in [0.2, 0.25) is 5.91 Å². The maximum absolute atomic E-state index is 12.5. The predicted octanol–water partition coefficient (Wildman–Crippen LogP) is 2.11. The second kappa shape index (κ2) is 5.86. The molecule has 132 valence electrons. The van der Waals surface area contributed by atoms with Crippen LogP contribution in [0.1, 0.15) is 36.4 Å². The van der Waals surface area contributed by atoms with Crippen LogP contribution < -0.4 is 4.90 Å². The fourth-order valence-electron chi connectivity index (χ4n) is 4.54. The van der Waals surface area contributed by atoms with Crippen molar-refractivity contribution in [3.8, 4) is 0 Å². The second-order valence-corrected chi connectivity index (χ2v) is 7.38. The summed E-state index contributed by atoms with van der Waals surface area (Å²) in [5, 5.41) is 4.33. The first-order valence-electron chi connectivity index (χ1n) is 8.93. The van der Waals surface area contributed by atoms with Crippen LogP contribution in [0.4, 0.5) is 5.82 Å². The Morgan fingerprint density at radius 2 is 1.96 bits per heavy atom. The Labute approximate surface area is 148 Å². The monoisotopic (exact) mass is 339 g/mol. The Balaban J connectivity index is 1.59. The molecule has 0 saturated carbocycles. The number of piperidine rings is 1. The molecule has 0 aromatic carbocycles. The summed E-state index contributed by atoms with van der Waals surface area (Å²) in [5.74, 6) is 1.52. The molecule has 2 aliphatic rings. The van der Waals surface area contributed by atoms with Gasteiger partial charge in [0.25, 0.3) is 0 Å². The van der Waals surface area contributed by atoms with Gasteiger partial charge in [-0.25, -0.2) is 4.98 Å². The molecule has 2 aliphatic heterocycles. The molecule has 6 nitrogen and oxygen atoms in total. The number of nitrogens with zero attached hydrogens (tertiary/aromatic N) is 5. The molecule has 6 heteroatoms. The zero-order valence-corrected chi connectivity index (χ0v) is 15.1. The number of carbonyl (C=O) groups excluding carboxylic acids is 1. The van der Waals surface area contributed by atoms with Crippen LogP contribution >= 0.6 is 0 Å². The molecule has 2 fully saturated rings. The fraction of sp³-hybridized carbons (Fsp3) is 0.526. The van der Waals surface area contributed by atoms with Crippen LogP contribution in [0.25, 0.3) is 0 Å². The van der Waals surface area contributed by atoms with Gasteiger partial charge in [0.1, 0.15) is 5.82 Å². The molecular formula is C19H25N5O. The molecule has 1 atom stereocenters. The van der Waals surface area contributed by atoms with Crippen LogP contribution in [0.3, 0.4) is 0 Å². The molecule has 25 heavy (non-hydrogen) atoms. The highest BCUT2D eigenvalue weighted by molar-refractivity contribution is 5.81. The van der Waals surface area contributed by atoms with Crippen molar-refractivity contribution in [2.75, 3.05) is 25.0 Å². The van der Waals surface area contributed by atoms with E-state index in [-0.39, 0.29) is 17.4 Å². The van der Waals surface area contributed by atoms with Gasteiger partial charge in [-0.1, -0.05) is 6.07 Å². The fourth-order valence-corrected chi connectivity index (χ4v) is 4.54. The number of aromatic nitrogens is 3. The third-order valence-corrected chi connectivity index (χ3v) is 6.02. The van der Waals surface area contributed by atoms with E-state index in [1.807, 2.05) is 42.9 Å². The number of aryl methyl sites for hydroxylation is 2. The Bertz CT molecular complexity index is 791. The zero-order valence-electron chi connectivity index (χ0n) is 15.1. The highest BCUT2D eigenvalue weighted by atomic mass is 16.2. The van der Waals surface area contributed by atoms with Crippen LogP contribution in [0.15, 0.2) is 30.6 Å². The normalized spacial score (nSPS) is 22.8. The van der Waals surface area contributed by atoms with Gasteiger partial charge in [0, 0.05) is 51.4 Å². The van der Waals surface area contributed by atoms with Crippen LogP contribution in [0, 0.1) is 6.92 Å². The van der Waals surface area contributed by atoms with Crippen molar-refractivity contribution in [2.24, 2.45) is 7.05 Å². The molecule has 2 aromatic rings. The van der Waals surface area contributed by atoms with Gasteiger partial charge in [0.05, 0.1) is 11.7 Å². The molecule has 1 amide bonds. The SMILES string of the molecule is Cc1cccc(N2CCC3(CC2)[C@H](c2cnn(C)c2)CC(=O)N3C)n1. The van der Waals surface area contributed by atoms with Crippen LogP contribution in [0.2, 0.25) is 0 Å². The van der Waals surface area contributed by atoms with Crippen molar-refractivity contribution in [3.05, 3.63) is 41.9 Å². The molecule has 2 saturated heterocycles. The number of pyridine rings is 1.